The topological polar surface area (TPSA) is 35.5 Å². The van der Waals surface area contributed by atoms with Gasteiger partial charge in [-0.3, -0.25) is 4.90 Å². The van der Waals surface area contributed by atoms with Gasteiger partial charge in [-0.2, -0.15) is 0 Å². The van der Waals surface area contributed by atoms with Gasteiger partial charge in [0.25, 0.3) is 0 Å². The molecule has 2 bridgehead atoms. The van der Waals surface area contributed by atoms with Crippen LogP contribution in [0.3, 0.4) is 0 Å². The number of rotatable bonds is 1. The molecule has 0 aromatic rings. The van der Waals surface area contributed by atoms with Crippen molar-refractivity contribution in [1.82, 2.24) is 10.2 Å². The Kier molecular flexibility index (Phi) is 2.61. The van der Waals surface area contributed by atoms with Gasteiger partial charge in [-0.15, -0.1) is 0 Å². The van der Waals surface area contributed by atoms with Gasteiger partial charge in [0.05, 0.1) is 6.10 Å². The fraction of sp³-hybridized carbons (Fsp3) is 1.00. The Morgan fingerprint density at radius 3 is 2.07 bits per heavy atom. The lowest BCUT2D eigenvalue weighted by Gasteiger charge is -2.58. The minimum atomic E-state index is -0.166. The van der Waals surface area contributed by atoms with Crippen LogP contribution in [0, 0.1) is 10.8 Å². The third kappa shape index (κ3) is 1.71. The molecular weight excluding hydrogens is 188 g/mol. The molecule has 15 heavy (non-hydrogen) atoms. The molecule has 2 aliphatic rings. The molecule has 2 N–H and O–H groups in total. The summed E-state index contributed by atoms with van der Waals surface area (Å²) in [6, 6.07) is 0.578. The van der Waals surface area contributed by atoms with Crippen molar-refractivity contribution >= 4 is 0 Å². The van der Waals surface area contributed by atoms with Gasteiger partial charge in [0.1, 0.15) is 0 Å². The second-order valence-electron chi connectivity index (χ2n) is 6.31. The molecule has 0 radical (unpaired) electrons. The molecule has 2 saturated heterocycles. The number of hydrogen-bond acceptors (Lipinski definition) is 3. The zero-order chi connectivity index (χ0) is 11.3. The van der Waals surface area contributed by atoms with E-state index in [-0.39, 0.29) is 16.9 Å². The van der Waals surface area contributed by atoms with Crippen LogP contribution >= 0.6 is 0 Å². The number of piperidine rings is 2. The van der Waals surface area contributed by atoms with Crippen LogP contribution in [0.5, 0.6) is 0 Å². The van der Waals surface area contributed by atoms with E-state index in [0.717, 1.165) is 26.2 Å². The van der Waals surface area contributed by atoms with E-state index in [1.807, 2.05) is 0 Å². The molecule has 3 atom stereocenters. The summed E-state index contributed by atoms with van der Waals surface area (Å²) in [5, 5.41) is 13.9. The van der Waals surface area contributed by atoms with Crippen LogP contribution in [0.1, 0.15) is 27.7 Å². The normalized spacial score (nSPS) is 47.2. The molecule has 3 nitrogen and oxygen atoms in total. The highest BCUT2D eigenvalue weighted by Gasteiger charge is 2.53. The molecule has 1 unspecified atom stereocenters. The predicted molar refractivity (Wildman–Crippen MR) is 61.8 cm³/mol. The number of nitrogens with one attached hydrogen (secondary N) is 1. The van der Waals surface area contributed by atoms with Gasteiger partial charge in [0.2, 0.25) is 0 Å². The molecule has 3 heteroatoms. The first-order chi connectivity index (χ1) is 6.87. The van der Waals surface area contributed by atoms with Gasteiger partial charge < -0.3 is 10.4 Å². The van der Waals surface area contributed by atoms with Crippen LogP contribution in [-0.2, 0) is 0 Å². The van der Waals surface area contributed by atoms with Gasteiger partial charge >= 0.3 is 0 Å². The number of nitrogens with zero attached hydrogens (tertiary/aromatic N) is 1. The Labute approximate surface area is 92.8 Å². The van der Waals surface area contributed by atoms with Gasteiger partial charge in [-0.1, -0.05) is 13.8 Å². The third-order valence-electron chi connectivity index (χ3n) is 4.24. The summed E-state index contributed by atoms with van der Waals surface area (Å²) in [5.74, 6) is 0. The van der Waals surface area contributed by atoms with Crippen molar-refractivity contribution in [3.05, 3.63) is 0 Å². The molecular formula is C12H24N2O. The van der Waals surface area contributed by atoms with Crippen molar-refractivity contribution in [2.45, 2.75) is 39.8 Å². The summed E-state index contributed by atoms with van der Waals surface area (Å²) in [4.78, 5) is 2.51. The van der Waals surface area contributed by atoms with Gasteiger partial charge in [0.15, 0.2) is 0 Å². The average Bonchev–Trinajstić information content (AvgIpc) is 2.10. The minimum Gasteiger partial charge on any atom is -0.392 e. The smallest absolute Gasteiger partial charge is 0.0696 e. The van der Waals surface area contributed by atoms with Crippen LogP contribution in [0.25, 0.3) is 0 Å². The van der Waals surface area contributed by atoms with Gasteiger partial charge in [-0.05, 0) is 13.8 Å². The van der Waals surface area contributed by atoms with Gasteiger partial charge in [0, 0.05) is 43.1 Å². The Balaban J connectivity index is 2.25. The quantitative estimate of drug-likeness (QED) is 0.671. The van der Waals surface area contributed by atoms with E-state index >= 15 is 0 Å². The highest BCUT2D eigenvalue weighted by molar-refractivity contribution is 5.07. The SMILES string of the molecule is CC(C)N1C[C@]2(C)CNC[C@](C)(C1)C2O. The van der Waals surface area contributed by atoms with Crippen LogP contribution in [0.2, 0.25) is 0 Å². The zero-order valence-electron chi connectivity index (χ0n) is 10.4. The third-order valence-corrected chi connectivity index (χ3v) is 4.24. The first-order valence-electron chi connectivity index (χ1n) is 6.00. The molecule has 2 fully saturated rings. The zero-order valence-corrected chi connectivity index (χ0v) is 10.4. The molecule has 0 aliphatic carbocycles. The van der Waals surface area contributed by atoms with Crippen molar-refractivity contribution in [1.29, 1.82) is 0 Å². The van der Waals surface area contributed by atoms with E-state index in [1.165, 1.54) is 0 Å². The van der Waals surface area contributed by atoms with E-state index < -0.39 is 0 Å². The Morgan fingerprint density at radius 2 is 1.67 bits per heavy atom. The number of fused-ring (bicyclic) bond motifs is 2. The van der Waals surface area contributed by atoms with Gasteiger partial charge in [-0.25, -0.2) is 0 Å². The summed E-state index contributed by atoms with van der Waals surface area (Å²) in [7, 11) is 0. The van der Waals surface area contributed by atoms with Crippen LogP contribution < -0.4 is 5.32 Å². The highest BCUT2D eigenvalue weighted by atomic mass is 16.3. The van der Waals surface area contributed by atoms with Crippen molar-refractivity contribution in [2.75, 3.05) is 26.2 Å². The van der Waals surface area contributed by atoms with Crippen LogP contribution in [0.4, 0.5) is 0 Å². The number of hydrogen-bond donors (Lipinski definition) is 2. The second-order valence-corrected chi connectivity index (χ2v) is 6.31. The van der Waals surface area contributed by atoms with E-state index in [0.29, 0.717) is 6.04 Å². The van der Waals surface area contributed by atoms with E-state index in [4.69, 9.17) is 0 Å². The average molecular weight is 212 g/mol. The molecule has 0 amide bonds. The number of aliphatic hydroxyl groups is 1. The van der Waals surface area contributed by atoms with E-state index in [2.05, 4.69) is 37.9 Å². The summed E-state index contributed by atoms with van der Waals surface area (Å²) in [6.45, 7) is 12.8. The van der Waals surface area contributed by atoms with E-state index in [9.17, 15) is 5.11 Å². The van der Waals surface area contributed by atoms with Crippen molar-refractivity contribution in [2.24, 2.45) is 10.8 Å². The van der Waals surface area contributed by atoms with Crippen LogP contribution in [-0.4, -0.2) is 48.3 Å². The molecule has 0 aromatic carbocycles. The monoisotopic (exact) mass is 212 g/mol. The largest absolute Gasteiger partial charge is 0.392 e. The standard InChI is InChI=1S/C12H24N2O/c1-9(2)14-7-11(3)5-13-6-12(4,8-14)10(11)15/h9-10,13,15H,5-8H2,1-4H3/t10?,11-,12+. The molecule has 2 heterocycles. The molecule has 2 rings (SSSR count). The van der Waals surface area contributed by atoms with Crippen LogP contribution in [0.15, 0.2) is 0 Å². The lowest BCUT2D eigenvalue weighted by Crippen LogP contribution is -2.70. The van der Waals surface area contributed by atoms with E-state index in [1.54, 1.807) is 0 Å². The molecule has 0 aromatic heterocycles. The summed E-state index contributed by atoms with van der Waals surface area (Å²) < 4.78 is 0. The number of likely N-dealkylation sites (tertiary alicyclic amines) is 1. The minimum absolute atomic E-state index is 0.0233. The fourth-order valence-corrected chi connectivity index (χ4v) is 3.30. The highest BCUT2D eigenvalue weighted by Crippen LogP contribution is 2.43. The lowest BCUT2D eigenvalue weighted by molar-refractivity contribution is -0.147. The predicted octanol–water partition coefficient (Wildman–Crippen LogP) is 0.687. The Bertz CT molecular complexity index is 236. The Hall–Kier alpha value is -0.120. The maximum Gasteiger partial charge on any atom is 0.0696 e. The van der Waals surface area contributed by atoms with Crippen molar-refractivity contribution in [3.8, 4) is 0 Å². The van der Waals surface area contributed by atoms with Crippen molar-refractivity contribution in [3.63, 3.8) is 0 Å². The summed E-state index contributed by atoms with van der Waals surface area (Å²) >= 11 is 0. The molecule has 0 spiro atoms. The maximum absolute atomic E-state index is 10.4. The first kappa shape index (κ1) is 11.4. The summed E-state index contributed by atoms with van der Waals surface area (Å²) in [6.07, 6.45) is -0.166. The lowest BCUT2D eigenvalue weighted by atomic mass is 9.63. The molecule has 2 aliphatic heterocycles. The number of aliphatic hydroxyl groups excluding tert-OH is 1. The van der Waals surface area contributed by atoms with Crippen molar-refractivity contribution < 1.29 is 5.11 Å². The Morgan fingerprint density at radius 1 is 1.20 bits per heavy atom. The maximum atomic E-state index is 10.4. The fourth-order valence-electron chi connectivity index (χ4n) is 3.30. The first-order valence-corrected chi connectivity index (χ1v) is 6.00. The second kappa shape index (κ2) is 3.44. The molecule has 0 saturated carbocycles. The summed E-state index contributed by atoms with van der Waals surface area (Å²) in [5.41, 5.74) is 0.0467. The molecule has 88 valence electrons.